The number of hydrogen-bond acceptors (Lipinski definition) is 3. The second-order valence-electron chi connectivity index (χ2n) is 6.78. The number of aliphatic carboxylic acids is 1. The fourth-order valence-corrected chi connectivity index (χ4v) is 2.29. The molecule has 1 aliphatic heterocycles. The molecule has 1 aromatic carbocycles. The van der Waals surface area contributed by atoms with Gasteiger partial charge in [-0.25, -0.2) is 0 Å². The van der Waals surface area contributed by atoms with E-state index in [0.717, 1.165) is 11.0 Å². The van der Waals surface area contributed by atoms with E-state index in [1.54, 1.807) is 6.92 Å². The molecule has 0 bridgehead atoms. The van der Waals surface area contributed by atoms with E-state index in [0.29, 0.717) is 6.42 Å². The van der Waals surface area contributed by atoms with Crippen molar-refractivity contribution < 1.29 is 19.2 Å². The summed E-state index contributed by atoms with van der Waals surface area (Å²) in [6.07, 6.45) is 0.503. The van der Waals surface area contributed by atoms with E-state index in [1.807, 2.05) is 52.0 Å². The fraction of sp³-hybridized carbons (Fsp3) is 0.562. The molecule has 0 amide bonds. The van der Waals surface area contributed by atoms with Gasteiger partial charge in [-0.05, 0) is 45.1 Å². The van der Waals surface area contributed by atoms with Crippen LogP contribution >= 0.6 is 0 Å². The molecule has 21 heavy (non-hydrogen) atoms. The molecule has 0 unspecified atom stereocenters. The summed E-state index contributed by atoms with van der Waals surface area (Å²) >= 11 is 0. The molecule has 1 fully saturated rings. The van der Waals surface area contributed by atoms with Crippen LogP contribution in [0.2, 0.25) is 0 Å². The predicted octanol–water partition coefficient (Wildman–Crippen LogP) is 2.25. The van der Waals surface area contributed by atoms with E-state index >= 15 is 0 Å². The van der Waals surface area contributed by atoms with Gasteiger partial charge >= 0.3 is 13.1 Å². The fourth-order valence-electron chi connectivity index (χ4n) is 2.29. The van der Waals surface area contributed by atoms with Crippen molar-refractivity contribution in [3.63, 3.8) is 0 Å². The zero-order valence-electron chi connectivity index (χ0n) is 13.3. The minimum atomic E-state index is -0.781. The number of benzene rings is 1. The second-order valence-corrected chi connectivity index (χ2v) is 6.78. The van der Waals surface area contributed by atoms with E-state index in [2.05, 4.69) is 0 Å². The van der Waals surface area contributed by atoms with Crippen LogP contribution in [-0.2, 0) is 20.5 Å². The first-order valence-electron chi connectivity index (χ1n) is 7.30. The summed E-state index contributed by atoms with van der Waals surface area (Å²) in [5, 5.41) is 9.01. The molecule has 4 nitrogen and oxygen atoms in total. The molecule has 0 radical (unpaired) electrons. The molecule has 0 saturated carbocycles. The van der Waals surface area contributed by atoms with Crippen LogP contribution in [0.3, 0.4) is 0 Å². The zero-order chi connectivity index (χ0) is 15.8. The lowest BCUT2D eigenvalue weighted by Gasteiger charge is -2.32. The monoisotopic (exact) mass is 290 g/mol. The lowest BCUT2D eigenvalue weighted by molar-refractivity contribution is -0.141. The Labute approximate surface area is 126 Å². The van der Waals surface area contributed by atoms with Gasteiger partial charge in [0.2, 0.25) is 0 Å². The van der Waals surface area contributed by atoms with Crippen LogP contribution in [0, 0.1) is 5.92 Å². The number of rotatable bonds is 4. The molecular weight excluding hydrogens is 267 g/mol. The summed E-state index contributed by atoms with van der Waals surface area (Å²) in [4.78, 5) is 11.0. The molecule has 1 aromatic rings. The molecule has 0 spiro atoms. The van der Waals surface area contributed by atoms with Gasteiger partial charge < -0.3 is 14.4 Å². The van der Waals surface area contributed by atoms with Crippen LogP contribution in [0.25, 0.3) is 0 Å². The molecule has 1 atom stereocenters. The Morgan fingerprint density at radius 1 is 1.24 bits per heavy atom. The van der Waals surface area contributed by atoms with Crippen LogP contribution < -0.4 is 5.46 Å². The Hall–Kier alpha value is -1.33. The van der Waals surface area contributed by atoms with Crippen LogP contribution in [0.4, 0.5) is 0 Å². The molecule has 2 rings (SSSR count). The van der Waals surface area contributed by atoms with Gasteiger partial charge in [-0.3, -0.25) is 4.79 Å². The predicted molar refractivity (Wildman–Crippen MR) is 82.7 cm³/mol. The van der Waals surface area contributed by atoms with Gasteiger partial charge in [-0.1, -0.05) is 31.2 Å². The van der Waals surface area contributed by atoms with Gasteiger partial charge in [-0.15, -0.1) is 0 Å². The van der Waals surface area contributed by atoms with Crippen molar-refractivity contribution in [3.05, 3.63) is 29.8 Å². The van der Waals surface area contributed by atoms with E-state index in [-0.39, 0.29) is 11.2 Å². The molecule has 1 saturated heterocycles. The van der Waals surface area contributed by atoms with Crippen molar-refractivity contribution in [1.82, 2.24) is 0 Å². The number of hydrogen-bond donors (Lipinski definition) is 1. The van der Waals surface area contributed by atoms with Gasteiger partial charge in [-0.2, -0.15) is 0 Å². The average Bonchev–Trinajstić information content (AvgIpc) is 2.58. The summed E-state index contributed by atoms with van der Waals surface area (Å²) in [5.41, 5.74) is 1.17. The number of carbonyl (C=O) groups is 1. The normalized spacial score (nSPS) is 21.3. The molecule has 0 aliphatic carbocycles. The zero-order valence-corrected chi connectivity index (χ0v) is 13.3. The van der Waals surface area contributed by atoms with Crippen molar-refractivity contribution in [2.75, 3.05) is 0 Å². The Morgan fingerprint density at radius 3 is 2.33 bits per heavy atom. The highest BCUT2D eigenvalue weighted by Crippen LogP contribution is 2.36. The highest BCUT2D eigenvalue weighted by molar-refractivity contribution is 6.62. The van der Waals surface area contributed by atoms with E-state index in [4.69, 9.17) is 14.4 Å². The Kier molecular flexibility index (Phi) is 4.18. The molecule has 1 aliphatic rings. The van der Waals surface area contributed by atoms with Gasteiger partial charge in [0.1, 0.15) is 0 Å². The molecule has 1 N–H and O–H groups in total. The first-order chi connectivity index (χ1) is 9.62. The van der Waals surface area contributed by atoms with E-state index in [1.165, 1.54) is 0 Å². The summed E-state index contributed by atoms with van der Waals surface area (Å²) < 4.78 is 12.0. The second kappa shape index (κ2) is 5.46. The third-order valence-electron chi connectivity index (χ3n) is 4.44. The summed E-state index contributed by atoms with van der Waals surface area (Å²) in [6, 6.07) is 7.79. The summed E-state index contributed by atoms with van der Waals surface area (Å²) in [7, 11) is -0.407. The van der Waals surface area contributed by atoms with Gasteiger partial charge in [0, 0.05) is 0 Å². The van der Waals surface area contributed by atoms with Crippen molar-refractivity contribution >= 4 is 18.6 Å². The topological polar surface area (TPSA) is 55.8 Å². The lowest BCUT2D eigenvalue weighted by Crippen LogP contribution is -2.41. The smallest absolute Gasteiger partial charge is 0.481 e. The van der Waals surface area contributed by atoms with Crippen molar-refractivity contribution in [2.24, 2.45) is 5.92 Å². The average molecular weight is 290 g/mol. The lowest BCUT2D eigenvalue weighted by atomic mass is 9.78. The van der Waals surface area contributed by atoms with Gasteiger partial charge in [0.25, 0.3) is 0 Å². The van der Waals surface area contributed by atoms with E-state index in [9.17, 15) is 4.79 Å². The number of carboxylic acids is 1. The van der Waals surface area contributed by atoms with Crippen molar-refractivity contribution in [3.8, 4) is 0 Å². The maximum Gasteiger partial charge on any atom is 0.494 e. The molecule has 0 aromatic heterocycles. The van der Waals surface area contributed by atoms with Crippen LogP contribution in [0.5, 0.6) is 0 Å². The third-order valence-corrected chi connectivity index (χ3v) is 4.44. The minimum Gasteiger partial charge on any atom is -0.481 e. The quantitative estimate of drug-likeness (QED) is 0.864. The molecule has 114 valence electrons. The molecule has 5 heteroatoms. The van der Waals surface area contributed by atoms with E-state index < -0.39 is 19.0 Å². The van der Waals surface area contributed by atoms with Crippen LogP contribution in [-0.4, -0.2) is 29.4 Å². The maximum absolute atomic E-state index is 11.0. The Balaban J connectivity index is 2.17. The Morgan fingerprint density at radius 2 is 1.81 bits per heavy atom. The largest absolute Gasteiger partial charge is 0.494 e. The standard InChI is InChI=1S/C16H23BO4/c1-11(14(18)19)9-12-7-6-8-13(10-12)17-20-15(2,3)16(4,5)21-17/h6-8,10-11H,9H2,1-5H3,(H,18,19)/t11-/m1/s1. The molecular formula is C16H23BO4. The Bertz CT molecular complexity index is 523. The van der Waals surface area contributed by atoms with Crippen molar-refractivity contribution in [1.29, 1.82) is 0 Å². The number of carboxylic acid groups (broad SMARTS) is 1. The highest BCUT2D eigenvalue weighted by atomic mass is 16.7. The first kappa shape index (κ1) is 16.1. The summed E-state index contributed by atoms with van der Waals surface area (Å²) in [5.74, 6) is -1.19. The SMILES string of the molecule is C[C@H](Cc1cccc(B2OC(C)(C)C(C)(C)O2)c1)C(=O)O. The highest BCUT2D eigenvalue weighted by Gasteiger charge is 2.51. The third kappa shape index (κ3) is 3.30. The van der Waals surface area contributed by atoms with Crippen LogP contribution in [0.1, 0.15) is 40.2 Å². The molecule has 1 heterocycles. The van der Waals surface area contributed by atoms with Crippen molar-refractivity contribution in [2.45, 2.75) is 52.2 Å². The first-order valence-corrected chi connectivity index (χ1v) is 7.30. The minimum absolute atomic E-state index is 0.373. The van der Waals surface area contributed by atoms with Gasteiger partial charge in [0.05, 0.1) is 17.1 Å². The van der Waals surface area contributed by atoms with Gasteiger partial charge in [0.15, 0.2) is 0 Å². The van der Waals surface area contributed by atoms with Crippen LogP contribution in [0.15, 0.2) is 24.3 Å². The maximum atomic E-state index is 11.0. The summed E-state index contributed by atoms with van der Waals surface area (Å²) in [6.45, 7) is 9.78.